The van der Waals surface area contributed by atoms with Gasteiger partial charge in [-0.05, 0) is 62.1 Å². The Morgan fingerprint density at radius 2 is 2.03 bits per heavy atom. The van der Waals surface area contributed by atoms with Crippen LogP contribution in [-0.4, -0.2) is 52.3 Å². The molecule has 2 saturated heterocycles. The molecule has 0 saturated carbocycles. The Morgan fingerprint density at radius 1 is 1.18 bits per heavy atom. The summed E-state index contributed by atoms with van der Waals surface area (Å²) >= 11 is 1.62. The number of likely N-dealkylation sites (tertiary alicyclic amines) is 1. The van der Waals surface area contributed by atoms with Gasteiger partial charge in [0.1, 0.15) is 0 Å². The zero-order chi connectivity index (χ0) is 22.8. The van der Waals surface area contributed by atoms with E-state index in [1.165, 1.54) is 4.90 Å². The molecule has 0 bridgehead atoms. The molecule has 0 aromatic carbocycles. The number of piperidine rings is 1. The lowest BCUT2D eigenvalue weighted by Crippen LogP contribution is -2.54. The average Bonchev–Trinajstić information content (AvgIpc) is 3.61. The first-order valence-corrected chi connectivity index (χ1v) is 12.5. The van der Waals surface area contributed by atoms with Gasteiger partial charge in [-0.3, -0.25) is 19.5 Å². The standard InChI is InChI=1S/C25H28N4O3S/c30-22(18-6-1-2-7-18)28-14-10-19(11-15-28)25(21-9-3-4-13-26-21)23(31)29(24(32)27-25)16-12-20-8-5-17-33-20/h3-6,8-9,13,17,19H,1-2,7,10-12,14-16H2,(H,27,32)/t25-/m0/s1. The first-order chi connectivity index (χ1) is 16.1. The molecule has 172 valence electrons. The minimum absolute atomic E-state index is 0.122. The molecule has 8 heteroatoms. The van der Waals surface area contributed by atoms with Gasteiger partial charge >= 0.3 is 6.03 Å². The van der Waals surface area contributed by atoms with Crippen molar-refractivity contribution in [3.63, 3.8) is 0 Å². The van der Waals surface area contributed by atoms with Crippen molar-refractivity contribution in [2.75, 3.05) is 19.6 Å². The molecule has 4 heterocycles. The lowest BCUT2D eigenvalue weighted by molar-refractivity contribution is -0.135. The van der Waals surface area contributed by atoms with Crippen molar-refractivity contribution in [1.29, 1.82) is 0 Å². The number of pyridine rings is 1. The Balaban J connectivity index is 1.37. The largest absolute Gasteiger partial charge is 0.339 e. The summed E-state index contributed by atoms with van der Waals surface area (Å²) in [5.74, 6) is -0.236. The maximum atomic E-state index is 13.8. The van der Waals surface area contributed by atoms with E-state index in [2.05, 4.69) is 16.4 Å². The number of hydrogen-bond acceptors (Lipinski definition) is 5. The zero-order valence-corrected chi connectivity index (χ0v) is 19.4. The lowest BCUT2D eigenvalue weighted by atomic mass is 9.75. The monoisotopic (exact) mass is 464 g/mol. The van der Waals surface area contributed by atoms with Crippen molar-refractivity contribution < 1.29 is 14.4 Å². The Kier molecular flexibility index (Phi) is 6.01. The second-order valence-corrected chi connectivity index (χ2v) is 9.96. The molecule has 2 aromatic rings. The molecule has 0 spiro atoms. The van der Waals surface area contributed by atoms with Gasteiger partial charge < -0.3 is 10.2 Å². The maximum absolute atomic E-state index is 13.8. The quantitative estimate of drug-likeness (QED) is 0.664. The molecule has 0 radical (unpaired) electrons. The lowest BCUT2D eigenvalue weighted by Gasteiger charge is -2.40. The first kappa shape index (κ1) is 21.8. The summed E-state index contributed by atoms with van der Waals surface area (Å²) in [6.45, 7) is 1.49. The number of nitrogens with one attached hydrogen (secondary N) is 1. The van der Waals surface area contributed by atoms with E-state index in [1.54, 1.807) is 17.5 Å². The Hall–Kier alpha value is -3.00. The third-order valence-electron chi connectivity index (χ3n) is 7.07. The molecule has 1 aliphatic carbocycles. The summed E-state index contributed by atoms with van der Waals surface area (Å²) in [6, 6.07) is 9.11. The molecule has 1 N–H and O–H groups in total. The molecule has 3 aliphatic rings. The van der Waals surface area contributed by atoms with Crippen LogP contribution < -0.4 is 5.32 Å². The van der Waals surface area contributed by atoms with Gasteiger partial charge in [-0.1, -0.05) is 18.2 Å². The zero-order valence-electron chi connectivity index (χ0n) is 18.5. The van der Waals surface area contributed by atoms with Crippen LogP contribution in [0.15, 0.2) is 53.6 Å². The summed E-state index contributed by atoms with van der Waals surface area (Å²) in [7, 11) is 0. The normalized spacial score (nSPS) is 23.7. The first-order valence-electron chi connectivity index (χ1n) is 11.7. The average molecular weight is 465 g/mol. The van der Waals surface area contributed by atoms with Gasteiger partial charge in [0.25, 0.3) is 5.91 Å². The molecule has 7 nitrogen and oxygen atoms in total. The highest BCUT2D eigenvalue weighted by Gasteiger charge is 2.58. The molecule has 4 amide bonds. The number of thiophene rings is 1. The van der Waals surface area contributed by atoms with Crippen LogP contribution in [0.3, 0.4) is 0 Å². The van der Waals surface area contributed by atoms with Crippen LogP contribution in [0.2, 0.25) is 0 Å². The minimum Gasteiger partial charge on any atom is -0.339 e. The van der Waals surface area contributed by atoms with Crippen molar-refractivity contribution in [3.8, 4) is 0 Å². The van der Waals surface area contributed by atoms with Gasteiger partial charge in [0.05, 0.1) is 5.69 Å². The van der Waals surface area contributed by atoms with Crippen LogP contribution in [0.5, 0.6) is 0 Å². The van der Waals surface area contributed by atoms with E-state index in [0.717, 1.165) is 29.7 Å². The highest BCUT2D eigenvalue weighted by Crippen LogP contribution is 2.41. The van der Waals surface area contributed by atoms with Gasteiger partial charge in [-0.25, -0.2) is 4.79 Å². The highest BCUT2D eigenvalue weighted by atomic mass is 32.1. The van der Waals surface area contributed by atoms with E-state index in [1.807, 2.05) is 40.6 Å². The molecule has 2 fully saturated rings. The Bertz CT molecular complexity index is 1060. The van der Waals surface area contributed by atoms with Crippen molar-refractivity contribution in [2.45, 2.75) is 44.1 Å². The van der Waals surface area contributed by atoms with Crippen molar-refractivity contribution in [1.82, 2.24) is 20.1 Å². The predicted molar refractivity (Wildman–Crippen MR) is 125 cm³/mol. The molecular formula is C25H28N4O3S. The number of imide groups is 1. The van der Waals surface area contributed by atoms with Crippen LogP contribution in [-0.2, 0) is 21.5 Å². The molecular weight excluding hydrogens is 436 g/mol. The summed E-state index contributed by atoms with van der Waals surface area (Å²) < 4.78 is 0. The van der Waals surface area contributed by atoms with Crippen molar-refractivity contribution in [3.05, 3.63) is 64.1 Å². The molecule has 5 rings (SSSR count). The van der Waals surface area contributed by atoms with E-state index in [4.69, 9.17) is 0 Å². The number of carbonyl (C=O) groups excluding carboxylic acids is 3. The fourth-order valence-electron chi connectivity index (χ4n) is 5.31. The highest BCUT2D eigenvalue weighted by molar-refractivity contribution is 7.09. The van der Waals surface area contributed by atoms with E-state index in [-0.39, 0.29) is 23.8 Å². The van der Waals surface area contributed by atoms with Crippen LogP contribution in [0.25, 0.3) is 0 Å². The molecule has 0 unspecified atom stereocenters. The maximum Gasteiger partial charge on any atom is 0.325 e. The number of urea groups is 1. The van der Waals surface area contributed by atoms with Gasteiger partial charge in [0, 0.05) is 42.2 Å². The van der Waals surface area contributed by atoms with E-state index in [0.29, 0.717) is 44.6 Å². The summed E-state index contributed by atoms with van der Waals surface area (Å²) in [4.78, 5) is 48.6. The number of nitrogens with zero attached hydrogens (tertiary/aromatic N) is 3. The van der Waals surface area contributed by atoms with Crippen LogP contribution in [0.1, 0.15) is 42.7 Å². The number of carbonyl (C=O) groups is 3. The van der Waals surface area contributed by atoms with Gasteiger partial charge in [-0.15, -0.1) is 11.3 Å². The second-order valence-electron chi connectivity index (χ2n) is 8.93. The van der Waals surface area contributed by atoms with Gasteiger partial charge in [0.15, 0.2) is 5.54 Å². The Morgan fingerprint density at radius 3 is 2.70 bits per heavy atom. The van der Waals surface area contributed by atoms with Gasteiger partial charge in [-0.2, -0.15) is 0 Å². The van der Waals surface area contributed by atoms with Crippen molar-refractivity contribution >= 4 is 29.2 Å². The fraction of sp³-hybridized carbons (Fsp3) is 0.440. The van der Waals surface area contributed by atoms with E-state index in [9.17, 15) is 14.4 Å². The third kappa shape index (κ3) is 3.97. The summed E-state index contributed by atoms with van der Waals surface area (Å²) in [6.07, 6.45) is 8.50. The van der Waals surface area contributed by atoms with E-state index >= 15 is 0 Å². The molecule has 2 aromatic heterocycles. The van der Waals surface area contributed by atoms with E-state index < -0.39 is 5.54 Å². The van der Waals surface area contributed by atoms with Crippen LogP contribution >= 0.6 is 11.3 Å². The molecule has 1 atom stereocenters. The van der Waals surface area contributed by atoms with Crippen LogP contribution in [0, 0.1) is 5.92 Å². The summed E-state index contributed by atoms with van der Waals surface area (Å²) in [5.41, 5.74) is 0.304. The third-order valence-corrected chi connectivity index (χ3v) is 8.01. The number of allylic oxidation sites excluding steroid dienone is 1. The molecule has 2 aliphatic heterocycles. The SMILES string of the molecule is O=C(C1=CCCC1)N1CCC([C@@]2(c3ccccn3)NC(=O)N(CCc3cccs3)C2=O)CC1. The number of rotatable bonds is 6. The van der Waals surface area contributed by atoms with Crippen molar-refractivity contribution in [2.24, 2.45) is 5.92 Å². The fourth-order valence-corrected chi connectivity index (χ4v) is 6.01. The number of aromatic nitrogens is 1. The second kappa shape index (κ2) is 9.09. The number of amides is 4. The smallest absolute Gasteiger partial charge is 0.325 e. The van der Waals surface area contributed by atoms with Gasteiger partial charge in [0.2, 0.25) is 5.91 Å². The predicted octanol–water partition coefficient (Wildman–Crippen LogP) is 3.48. The molecule has 33 heavy (non-hydrogen) atoms. The summed E-state index contributed by atoms with van der Waals surface area (Å²) in [5, 5.41) is 5.04. The number of hydrogen-bond donors (Lipinski definition) is 1. The topological polar surface area (TPSA) is 82.6 Å². The Labute approximate surface area is 197 Å². The van der Waals surface area contributed by atoms with Crippen LogP contribution in [0.4, 0.5) is 4.79 Å². The minimum atomic E-state index is -1.18.